The molecule has 2 aromatic rings. The highest BCUT2D eigenvalue weighted by Crippen LogP contribution is 2.30. The number of nitrogens with one attached hydrogen (secondary N) is 1. The second-order valence-corrected chi connectivity index (χ2v) is 4.43. The molecule has 0 saturated heterocycles. The molecule has 0 bridgehead atoms. The van der Waals surface area contributed by atoms with Crippen LogP contribution in [0.1, 0.15) is 19.4 Å². The summed E-state index contributed by atoms with van der Waals surface area (Å²) in [6.45, 7) is 3.46. The molecule has 0 saturated carbocycles. The molecule has 0 fully saturated rings. The molecule has 96 valence electrons. The first-order chi connectivity index (χ1) is 8.50. The van der Waals surface area contributed by atoms with Gasteiger partial charge in [-0.1, -0.05) is 6.07 Å². The number of rotatable bonds is 4. The van der Waals surface area contributed by atoms with Crippen molar-refractivity contribution >= 4 is 5.69 Å². The van der Waals surface area contributed by atoms with Crippen LogP contribution in [-0.4, -0.2) is 27.1 Å². The fourth-order valence-electron chi connectivity index (χ4n) is 1.55. The molecule has 0 unspecified atom stereocenters. The van der Waals surface area contributed by atoms with Gasteiger partial charge >= 0.3 is 0 Å². The fraction of sp³-hybridized carbons (Fsp3) is 0.333. The first-order valence-electron chi connectivity index (χ1n) is 5.53. The van der Waals surface area contributed by atoms with Gasteiger partial charge in [0.15, 0.2) is 0 Å². The number of hydrogen-bond acceptors (Lipinski definition) is 5. The molecule has 2 N–H and O–H groups in total. The quantitative estimate of drug-likeness (QED) is 0.855. The predicted molar refractivity (Wildman–Crippen MR) is 67.3 cm³/mol. The molecule has 18 heavy (non-hydrogen) atoms. The van der Waals surface area contributed by atoms with Gasteiger partial charge < -0.3 is 9.84 Å². The van der Waals surface area contributed by atoms with Crippen LogP contribution in [0.3, 0.4) is 0 Å². The molecule has 0 aliphatic rings. The molecule has 0 amide bonds. The molecular formula is C12H16N4O2. The number of methoxy groups -OCH3 is 1. The van der Waals surface area contributed by atoms with E-state index in [2.05, 4.69) is 15.5 Å². The number of nitrogens with zero attached hydrogens (tertiary/aromatic N) is 3. The maximum Gasteiger partial charge on any atom is 0.144 e. The Kier molecular flexibility index (Phi) is 3.20. The third kappa shape index (κ3) is 2.60. The van der Waals surface area contributed by atoms with E-state index < -0.39 is 5.60 Å². The Morgan fingerprint density at radius 1 is 1.39 bits per heavy atom. The van der Waals surface area contributed by atoms with Gasteiger partial charge in [0.2, 0.25) is 0 Å². The molecule has 0 aliphatic heterocycles. The summed E-state index contributed by atoms with van der Waals surface area (Å²) in [5.74, 6) is 0.630. The third-order valence-electron chi connectivity index (χ3n) is 2.56. The van der Waals surface area contributed by atoms with Crippen molar-refractivity contribution in [2.24, 2.45) is 0 Å². The predicted octanol–water partition coefficient (Wildman–Crippen LogP) is 1.39. The topological polar surface area (TPSA) is 72.2 Å². The summed E-state index contributed by atoms with van der Waals surface area (Å²) in [6.07, 6.45) is 2.98. The molecular weight excluding hydrogens is 232 g/mol. The number of hydrogen-bond donors (Lipinski definition) is 2. The van der Waals surface area contributed by atoms with Gasteiger partial charge in [-0.3, -0.25) is 5.43 Å². The van der Waals surface area contributed by atoms with Crippen molar-refractivity contribution in [3.05, 3.63) is 36.4 Å². The van der Waals surface area contributed by atoms with Crippen molar-refractivity contribution in [2.45, 2.75) is 19.4 Å². The molecule has 0 aliphatic carbocycles. The minimum Gasteiger partial charge on any atom is -0.495 e. The molecule has 1 aromatic carbocycles. The lowest BCUT2D eigenvalue weighted by Crippen LogP contribution is -2.16. The summed E-state index contributed by atoms with van der Waals surface area (Å²) >= 11 is 0. The Bertz CT molecular complexity index is 517. The molecule has 1 heterocycles. The average Bonchev–Trinajstić information content (AvgIpc) is 2.81. The van der Waals surface area contributed by atoms with Gasteiger partial charge in [0.05, 0.1) is 18.4 Å². The zero-order valence-electron chi connectivity index (χ0n) is 10.6. The number of aromatic nitrogens is 3. The number of ether oxygens (including phenoxy) is 1. The highest BCUT2D eigenvalue weighted by Gasteiger charge is 2.17. The van der Waals surface area contributed by atoms with E-state index in [0.717, 1.165) is 11.3 Å². The maximum atomic E-state index is 9.95. The van der Waals surface area contributed by atoms with Gasteiger partial charge in [0, 0.05) is 0 Å². The van der Waals surface area contributed by atoms with E-state index in [1.807, 2.05) is 12.1 Å². The summed E-state index contributed by atoms with van der Waals surface area (Å²) in [4.78, 5) is 5.31. The lowest BCUT2D eigenvalue weighted by molar-refractivity contribution is 0.0783. The van der Waals surface area contributed by atoms with E-state index >= 15 is 0 Å². The minimum atomic E-state index is -0.904. The van der Waals surface area contributed by atoms with Gasteiger partial charge in [-0.05, 0) is 31.5 Å². The third-order valence-corrected chi connectivity index (χ3v) is 2.56. The molecule has 6 heteroatoms. The number of aliphatic hydroxyl groups is 1. The summed E-state index contributed by atoms with van der Waals surface area (Å²) in [7, 11) is 1.58. The van der Waals surface area contributed by atoms with Crippen molar-refractivity contribution < 1.29 is 9.84 Å². The van der Waals surface area contributed by atoms with Crippen LogP contribution in [-0.2, 0) is 5.60 Å². The molecule has 0 atom stereocenters. The van der Waals surface area contributed by atoms with E-state index in [4.69, 9.17) is 4.74 Å². The maximum absolute atomic E-state index is 9.95. The van der Waals surface area contributed by atoms with Crippen LogP contribution >= 0.6 is 0 Å². The van der Waals surface area contributed by atoms with E-state index in [1.54, 1.807) is 33.4 Å². The molecule has 6 nitrogen and oxygen atoms in total. The zero-order chi connectivity index (χ0) is 13.2. The monoisotopic (exact) mass is 248 g/mol. The Morgan fingerprint density at radius 3 is 2.72 bits per heavy atom. The van der Waals surface area contributed by atoms with Crippen molar-refractivity contribution in [1.29, 1.82) is 0 Å². The van der Waals surface area contributed by atoms with E-state index in [1.165, 1.54) is 11.1 Å². The number of anilines is 1. The highest BCUT2D eigenvalue weighted by atomic mass is 16.5. The van der Waals surface area contributed by atoms with Gasteiger partial charge in [0.1, 0.15) is 18.4 Å². The Balaban J connectivity index is 2.32. The van der Waals surface area contributed by atoms with E-state index in [9.17, 15) is 5.11 Å². The smallest absolute Gasteiger partial charge is 0.144 e. The highest BCUT2D eigenvalue weighted by molar-refractivity contribution is 5.57. The van der Waals surface area contributed by atoms with Gasteiger partial charge in [-0.25, -0.2) is 4.98 Å². The molecule has 2 rings (SSSR count). The summed E-state index contributed by atoms with van der Waals surface area (Å²) < 4.78 is 5.29. The van der Waals surface area contributed by atoms with Crippen LogP contribution in [0, 0.1) is 0 Å². The second-order valence-electron chi connectivity index (χ2n) is 4.43. The van der Waals surface area contributed by atoms with Crippen molar-refractivity contribution in [2.75, 3.05) is 12.5 Å². The van der Waals surface area contributed by atoms with Crippen molar-refractivity contribution in [3.63, 3.8) is 0 Å². The fourth-order valence-corrected chi connectivity index (χ4v) is 1.55. The minimum absolute atomic E-state index is 0.630. The Morgan fingerprint density at radius 2 is 2.17 bits per heavy atom. The average molecular weight is 248 g/mol. The van der Waals surface area contributed by atoms with Gasteiger partial charge in [-0.2, -0.15) is 4.79 Å². The van der Waals surface area contributed by atoms with E-state index in [0.29, 0.717) is 5.75 Å². The molecule has 0 radical (unpaired) electrons. The van der Waals surface area contributed by atoms with Crippen molar-refractivity contribution in [1.82, 2.24) is 14.9 Å². The zero-order valence-corrected chi connectivity index (χ0v) is 10.6. The first kappa shape index (κ1) is 12.4. The van der Waals surface area contributed by atoms with Crippen molar-refractivity contribution in [3.8, 4) is 5.75 Å². The van der Waals surface area contributed by atoms with Crippen LogP contribution in [0.15, 0.2) is 30.9 Å². The summed E-state index contributed by atoms with van der Waals surface area (Å²) in [5.41, 5.74) is 3.64. The normalized spacial score (nSPS) is 11.3. The molecule has 0 spiro atoms. The lowest BCUT2D eigenvalue weighted by Gasteiger charge is -2.20. The summed E-state index contributed by atoms with van der Waals surface area (Å²) in [5, 5.41) is 13.9. The standard InChI is InChI=1S/C12H16N4O2/c1-12(2,17)9-4-5-10(11(6-9)18-3)15-16-8-13-7-14-16/h4-8,15,17H,1-3H3. The van der Waals surface area contributed by atoms with Crippen LogP contribution in [0.4, 0.5) is 5.69 Å². The van der Waals surface area contributed by atoms with Crippen LogP contribution in [0.5, 0.6) is 5.75 Å². The summed E-state index contributed by atoms with van der Waals surface area (Å²) in [6, 6.07) is 5.45. The lowest BCUT2D eigenvalue weighted by atomic mass is 9.98. The van der Waals surface area contributed by atoms with Gasteiger partial charge in [0.25, 0.3) is 0 Å². The van der Waals surface area contributed by atoms with E-state index in [-0.39, 0.29) is 0 Å². The SMILES string of the molecule is COc1cc(C(C)(C)O)ccc1Nn1cncn1. The number of benzene rings is 1. The van der Waals surface area contributed by atoms with Gasteiger partial charge in [-0.15, -0.1) is 5.10 Å². The van der Waals surface area contributed by atoms with Crippen LogP contribution in [0.2, 0.25) is 0 Å². The van der Waals surface area contributed by atoms with Crippen LogP contribution < -0.4 is 10.2 Å². The van der Waals surface area contributed by atoms with Crippen LogP contribution in [0.25, 0.3) is 0 Å². The largest absolute Gasteiger partial charge is 0.495 e. The second kappa shape index (κ2) is 4.66. The Labute approximate surface area is 105 Å². The molecule has 1 aromatic heterocycles. The Hall–Kier alpha value is -2.08. The first-order valence-corrected chi connectivity index (χ1v) is 5.53.